The molecule has 0 aliphatic carbocycles. The maximum absolute atomic E-state index is 4.13. The molecule has 0 radical (unpaired) electrons. The van der Waals surface area contributed by atoms with Crippen LogP contribution in [0, 0.1) is 5.92 Å². The predicted molar refractivity (Wildman–Crippen MR) is 67.8 cm³/mol. The first-order valence-electron chi connectivity index (χ1n) is 6.44. The average Bonchev–Trinajstić information content (AvgIpc) is 2.78. The zero-order valence-corrected chi connectivity index (χ0v) is 11.0. The van der Waals surface area contributed by atoms with Crippen molar-refractivity contribution in [2.75, 3.05) is 20.1 Å². The molecule has 0 bridgehead atoms. The molecule has 1 saturated heterocycles. The Bertz CT molecular complexity index is 324. The molecule has 1 aromatic heterocycles. The molecule has 5 nitrogen and oxygen atoms in total. The molecule has 2 heterocycles. The Kier molecular flexibility index (Phi) is 4.12. The average molecular weight is 237 g/mol. The largest absolute Gasteiger partial charge is 0.313 e. The minimum Gasteiger partial charge on any atom is -0.313 e. The molecule has 1 aromatic rings. The number of piperidine rings is 1. The summed E-state index contributed by atoms with van der Waals surface area (Å²) in [6, 6.07) is 1.30. The summed E-state index contributed by atoms with van der Waals surface area (Å²) in [5, 5.41) is 10.4. The number of hydrogen-bond acceptors (Lipinski definition) is 4. The lowest BCUT2D eigenvalue weighted by atomic mass is 9.90. The zero-order chi connectivity index (χ0) is 12.3. The summed E-state index contributed by atoms with van der Waals surface area (Å²) in [5.74, 6) is 1.68. The van der Waals surface area contributed by atoms with Gasteiger partial charge in [-0.05, 0) is 26.3 Å². The van der Waals surface area contributed by atoms with E-state index in [0.717, 1.165) is 18.8 Å². The van der Waals surface area contributed by atoms with Crippen molar-refractivity contribution in [3.8, 4) is 0 Å². The summed E-state index contributed by atoms with van der Waals surface area (Å²) in [6.45, 7) is 6.78. The monoisotopic (exact) mass is 237 g/mol. The molecule has 1 fully saturated rings. The third kappa shape index (κ3) is 3.26. The molecule has 1 aliphatic heterocycles. The number of aromatic amines is 1. The Labute approximate surface area is 103 Å². The molecule has 2 N–H and O–H groups in total. The molecule has 3 unspecified atom stereocenters. The fourth-order valence-electron chi connectivity index (χ4n) is 2.55. The van der Waals surface area contributed by atoms with E-state index < -0.39 is 0 Å². The fourth-order valence-corrected chi connectivity index (χ4v) is 2.55. The van der Waals surface area contributed by atoms with E-state index in [4.69, 9.17) is 0 Å². The standard InChI is InChI=1S/C12H23N5/c1-9-7-17(3)10(2)6-11(9)13-5-4-12-14-8-15-16-12/h8-11,13H,4-7H2,1-3H3,(H,14,15,16). The van der Waals surface area contributed by atoms with Crippen molar-refractivity contribution in [3.63, 3.8) is 0 Å². The van der Waals surface area contributed by atoms with Crippen molar-refractivity contribution in [3.05, 3.63) is 12.2 Å². The van der Waals surface area contributed by atoms with Crippen LogP contribution in [0.5, 0.6) is 0 Å². The van der Waals surface area contributed by atoms with Gasteiger partial charge in [0.25, 0.3) is 0 Å². The second kappa shape index (κ2) is 5.60. The van der Waals surface area contributed by atoms with Crippen LogP contribution in [0.1, 0.15) is 26.1 Å². The van der Waals surface area contributed by atoms with E-state index in [1.807, 2.05) is 0 Å². The molecule has 0 amide bonds. The second-order valence-corrected chi connectivity index (χ2v) is 5.24. The van der Waals surface area contributed by atoms with Gasteiger partial charge in [0.2, 0.25) is 0 Å². The van der Waals surface area contributed by atoms with Gasteiger partial charge in [0.15, 0.2) is 0 Å². The van der Waals surface area contributed by atoms with E-state index >= 15 is 0 Å². The smallest absolute Gasteiger partial charge is 0.137 e. The quantitative estimate of drug-likeness (QED) is 0.808. The predicted octanol–water partition coefficient (Wildman–Crippen LogP) is 0.666. The Balaban J connectivity index is 1.75. The van der Waals surface area contributed by atoms with Gasteiger partial charge in [-0.25, -0.2) is 4.98 Å². The maximum Gasteiger partial charge on any atom is 0.137 e. The fraction of sp³-hybridized carbons (Fsp3) is 0.833. The van der Waals surface area contributed by atoms with E-state index in [9.17, 15) is 0 Å². The van der Waals surface area contributed by atoms with Gasteiger partial charge in [-0.15, -0.1) is 0 Å². The Morgan fingerprint density at radius 2 is 2.35 bits per heavy atom. The highest BCUT2D eigenvalue weighted by molar-refractivity contribution is 4.87. The van der Waals surface area contributed by atoms with Crippen LogP contribution in [0.3, 0.4) is 0 Å². The topological polar surface area (TPSA) is 56.8 Å². The van der Waals surface area contributed by atoms with Crippen LogP contribution in [0.2, 0.25) is 0 Å². The summed E-state index contributed by atoms with van der Waals surface area (Å²) in [6.07, 6.45) is 3.72. The highest BCUT2D eigenvalue weighted by Gasteiger charge is 2.28. The van der Waals surface area contributed by atoms with Crippen molar-refractivity contribution in [1.29, 1.82) is 0 Å². The Morgan fingerprint density at radius 1 is 1.53 bits per heavy atom. The minimum atomic E-state index is 0.629. The van der Waals surface area contributed by atoms with E-state index in [1.54, 1.807) is 6.33 Å². The van der Waals surface area contributed by atoms with Gasteiger partial charge in [-0.3, -0.25) is 5.10 Å². The highest BCUT2D eigenvalue weighted by Crippen LogP contribution is 2.20. The van der Waals surface area contributed by atoms with E-state index in [0.29, 0.717) is 18.0 Å². The van der Waals surface area contributed by atoms with E-state index in [2.05, 4.69) is 46.3 Å². The summed E-state index contributed by atoms with van der Waals surface area (Å²) in [7, 11) is 2.21. The minimum absolute atomic E-state index is 0.629. The van der Waals surface area contributed by atoms with E-state index in [-0.39, 0.29) is 0 Å². The summed E-state index contributed by atoms with van der Waals surface area (Å²) in [4.78, 5) is 6.57. The van der Waals surface area contributed by atoms with Gasteiger partial charge in [0.05, 0.1) is 0 Å². The molecule has 2 rings (SSSR count). The molecule has 96 valence electrons. The van der Waals surface area contributed by atoms with Crippen LogP contribution >= 0.6 is 0 Å². The molecule has 17 heavy (non-hydrogen) atoms. The van der Waals surface area contributed by atoms with Crippen LogP contribution in [0.4, 0.5) is 0 Å². The number of rotatable bonds is 4. The number of likely N-dealkylation sites (tertiary alicyclic amines) is 1. The van der Waals surface area contributed by atoms with Crippen molar-refractivity contribution in [2.45, 2.75) is 38.8 Å². The third-order valence-electron chi connectivity index (χ3n) is 3.84. The Morgan fingerprint density at radius 3 is 3.06 bits per heavy atom. The maximum atomic E-state index is 4.13. The first-order valence-corrected chi connectivity index (χ1v) is 6.44. The molecular formula is C12H23N5. The van der Waals surface area contributed by atoms with Crippen molar-refractivity contribution >= 4 is 0 Å². The van der Waals surface area contributed by atoms with Crippen molar-refractivity contribution in [2.24, 2.45) is 5.92 Å². The summed E-state index contributed by atoms with van der Waals surface area (Å²) in [5.41, 5.74) is 0. The lowest BCUT2D eigenvalue weighted by Crippen LogP contribution is -2.51. The number of hydrogen-bond donors (Lipinski definition) is 2. The molecule has 0 aromatic carbocycles. The molecule has 1 aliphatic rings. The van der Waals surface area contributed by atoms with Gasteiger partial charge >= 0.3 is 0 Å². The number of aromatic nitrogens is 3. The van der Waals surface area contributed by atoms with Gasteiger partial charge in [-0.2, -0.15) is 5.10 Å². The SMILES string of the molecule is CC1CN(C)C(C)CC1NCCc1ncn[nH]1. The van der Waals surface area contributed by atoms with Crippen molar-refractivity contribution in [1.82, 2.24) is 25.4 Å². The lowest BCUT2D eigenvalue weighted by Gasteiger charge is -2.40. The molecule has 0 spiro atoms. The van der Waals surface area contributed by atoms with Crippen molar-refractivity contribution < 1.29 is 0 Å². The van der Waals surface area contributed by atoms with Gasteiger partial charge in [0, 0.05) is 31.6 Å². The second-order valence-electron chi connectivity index (χ2n) is 5.24. The third-order valence-corrected chi connectivity index (χ3v) is 3.84. The van der Waals surface area contributed by atoms with Crippen LogP contribution in [-0.2, 0) is 6.42 Å². The zero-order valence-electron chi connectivity index (χ0n) is 11.0. The summed E-state index contributed by atoms with van der Waals surface area (Å²) < 4.78 is 0. The first kappa shape index (κ1) is 12.5. The Hall–Kier alpha value is -0.940. The molecular weight excluding hydrogens is 214 g/mol. The van der Waals surface area contributed by atoms with Crippen LogP contribution in [0.15, 0.2) is 6.33 Å². The lowest BCUT2D eigenvalue weighted by molar-refractivity contribution is 0.122. The number of nitrogens with one attached hydrogen (secondary N) is 2. The highest BCUT2D eigenvalue weighted by atomic mass is 15.2. The number of H-pyrrole nitrogens is 1. The van der Waals surface area contributed by atoms with Gasteiger partial charge in [0.1, 0.15) is 12.2 Å². The molecule has 3 atom stereocenters. The van der Waals surface area contributed by atoms with Crippen LogP contribution in [-0.4, -0.2) is 52.3 Å². The summed E-state index contributed by atoms with van der Waals surface area (Å²) >= 11 is 0. The van der Waals surface area contributed by atoms with Gasteiger partial charge < -0.3 is 10.2 Å². The normalized spacial score (nSPS) is 30.6. The molecule has 0 saturated carbocycles. The molecule has 5 heteroatoms. The van der Waals surface area contributed by atoms with Crippen LogP contribution < -0.4 is 5.32 Å². The van der Waals surface area contributed by atoms with E-state index in [1.165, 1.54) is 13.0 Å². The first-order chi connectivity index (χ1) is 8.16. The van der Waals surface area contributed by atoms with Gasteiger partial charge in [-0.1, -0.05) is 6.92 Å². The van der Waals surface area contributed by atoms with Crippen LogP contribution in [0.25, 0.3) is 0 Å². The number of nitrogens with zero attached hydrogens (tertiary/aromatic N) is 3.